The number of anilines is 3. The van der Waals surface area contributed by atoms with E-state index in [9.17, 15) is 0 Å². The number of aryl methyl sites for hydroxylation is 2. The average molecular weight is 455 g/mol. The molecule has 2 aliphatic rings. The summed E-state index contributed by atoms with van der Waals surface area (Å²) >= 11 is 0. The fraction of sp³-hybridized carbons (Fsp3) is 0.462. The first-order chi connectivity index (χ1) is 16.6. The number of rotatable bonds is 8. The van der Waals surface area contributed by atoms with Crippen LogP contribution in [-0.4, -0.2) is 49.3 Å². The van der Waals surface area contributed by atoms with Crippen molar-refractivity contribution >= 4 is 28.4 Å². The van der Waals surface area contributed by atoms with Gasteiger partial charge in [-0.15, -0.1) is 12.3 Å². The van der Waals surface area contributed by atoms with Gasteiger partial charge < -0.3 is 10.6 Å². The molecule has 5 rings (SSSR count). The van der Waals surface area contributed by atoms with Crippen molar-refractivity contribution in [1.29, 1.82) is 5.26 Å². The van der Waals surface area contributed by atoms with Gasteiger partial charge in [-0.25, -0.2) is 4.98 Å². The van der Waals surface area contributed by atoms with Gasteiger partial charge in [-0.05, 0) is 44.7 Å². The Balaban J connectivity index is 1.36. The molecule has 2 fully saturated rings. The van der Waals surface area contributed by atoms with Gasteiger partial charge in [0.1, 0.15) is 11.6 Å². The summed E-state index contributed by atoms with van der Waals surface area (Å²) < 4.78 is 1.84. The van der Waals surface area contributed by atoms with Crippen LogP contribution in [0.15, 0.2) is 30.5 Å². The summed E-state index contributed by atoms with van der Waals surface area (Å²) in [6.45, 7) is 3.57. The summed E-state index contributed by atoms with van der Waals surface area (Å²) in [6.07, 6.45) is 13.3. The van der Waals surface area contributed by atoms with Gasteiger partial charge >= 0.3 is 0 Å². The first kappa shape index (κ1) is 22.2. The van der Waals surface area contributed by atoms with Crippen LogP contribution in [0.5, 0.6) is 0 Å². The monoisotopic (exact) mass is 454 g/mol. The van der Waals surface area contributed by atoms with E-state index >= 15 is 0 Å². The van der Waals surface area contributed by atoms with E-state index in [2.05, 4.69) is 43.7 Å². The van der Waals surface area contributed by atoms with Gasteiger partial charge in [0.05, 0.1) is 24.6 Å². The molecular formula is C26H30N8. The lowest BCUT2D eigenvalue weighted by molar-refractivity contribution is 0.136. The Morgan fingerprint density at radius 1 is 1.15 bits per heavy atom. The number of pyridine rings is 2. The van der Waals surface area contributed by atoms with Gasteiger partial charge in [-0.2, -0.15) is 10.4 Å². The van der Waals surface area contributed by atoms with Gasteiger partial charge in [-0.3, -0.25) is 14.6 Å². The Morgan fingerprint density at radius 3 is 2.74 bits per heavy atom. The standard InChI is InChI=1S/C26H30N8/c1-3-4-12-33-20-8-9-21(33)16-19(15-20)29-26-22-7-5-11-28-23(22)17-24(31-26)30-25-14-18(2)34(32-25)13-6-10-27/h1,5,7,11,14,17,19-21H,4,6,8-9,12-13,15-16H2,2H3,(H2,29,30,31,32)/t19-,20-,21+. The quantitative estimate of drug-likeness (QED) is 0.492. The van der Waals surface area contributed by atoms with Crippen LogP contribution in [-0.2, 0) is 6.54 Å². The number of aromatic nitrogens is 4. The van der Waals surface area contributed by atoms with E-state index in [0.717, 1.165) is 48.2 Å². The molecule has 0 aromatic carbocycles. The molecule has 3 aromatic rings. The smallest absolute Gasteiger partial charge is 0.153 e. The predicted molar refractivity (Wildman–Crippen MR) is 134 cm³/mol. The maximum absolute atomic E-state index is 8.87. The SMILES string of the molecule is C#CCCN1[C@@H]2CC[C@H]1C[C@H](Nc1nc(Nc3cc(C)n(CCC#N)n3)cc3ncccc13)C2. The molecule has 2 saturated heterocycles. The molecule has 2 aliphatic heterocycles. The number of hydrogen-bond acceptors (Lipinski definition) is 7. The molecule has 0 unspecified atom stereocenters. The van der Waals surface area contributed by atoms with Crippen molar-refractivity contribution in [3.63, 3.8) is 0 Å². The van der Waals surface area contributed by atoms with Gasteiger partial charge in [0.25, 0.3) is 0 Å². The third-order valence-electron chi connectivity index (χ3n) is 7.01. The fourth-order valence-electron chi connectivity index (χ4n) is 5.48. The van der Waals surface area contributed by atoms with Crippen LogP contribution in [0.25, 0.3) is 10.9 Å². The van der Waals surface area contributed by atoms with Crippen LogP contribution in [0.4, 0.5) is 17.5 Å². The molecule has 0 amide bonds. The Hall–Kier alpha value is -3.62. The molecule has 34 heavy (non-hydrogen) atoms. The highest BCUT2D eigenvalue weighted by Gasteiger charge is 2.40. The lowest BCUT2D eigenvalue weighted by Gasteiger charge is -2.39. The zero-order valence-corrected chi connectivity index (χ0v) is 19.5. The molecule has 0 aliphatic carbocycles. The summed E-state index contributed by atoms with van der Waals surface area (Å²) in [5.74, 6) is 5.06. The Kier molecular flexibility index (Phi) is 6.33. The van der Waals surface area contributed by atoms with E-state index in [4.69, 9.17) is 16.7 Å². The molecular weight excluding hydrogens is 424 g/mol. The second kappa shape index (κ2) is 9.70. The van der Waals surface area contributed by atoms with Gasteiger partial charge in [0, 0.05) is 60.5 Å². The molecule has 0 spiro atoms. The molecule has 3 aromatic heterocycles. The molecule has 174 valence electrons. The average Bonchev–Trinajstić information content (AvgIpc) is 3.30. The highest BCUT2D eigenvalue weighted by Crippen LogP contribution is 2.37. The molecule has 0 radical (unpaired) electrons. The van der Waals surface area contributed by atoms with Crippen molar-refractivity contribution in [3.05, 3.63) is 36.2 Å². The fourth-order valence-corrected chi connectivity index (χ4v) is 5.48. The van der Waals surface area contributed by atoms with Crippen LogP contribution in [0, 0.1) is 30.6 Å². The van der Waals surface area contributed by atoms with Crippen molar-refractivity contribution in [1.82, 2.24) is 24.6 Å². The van der Waals surface area contributed by atoms with E-state index in [0.29, 0.717) is 42.7 Å². The molecule has 2 bridgehead atoms. The molecule has 8 nitrogen and oxygen atoms in total. The van der Waals surface area contributed by atoms with Crippen molar-refractivity contribution in [2.24, 2.45) is 0 Å². The third-order valence-corrected chi connectivity index (χ3v) is 7.01. The minimum absolute atomic E-state index is 0.373. The number of terminal acetylenes is 1. The Morgan fingerprint density at radius 2 is 1.97 bits per heavy atom. The summed E-state index contributed by atoms with van der Waals surface area (Å²) in [6, 6.07) is 11.7. The van der Waals surface area contributed by atoms with Crippen LogP contribution in [0.3, 0.4) is 0 Å². The lowest BCUT2D eigenvalue weighted by atomic mass is 9.97. The highest BCUT2D eigenvalue weighted by atomic mass is 15.3. The lowest BCUT2D eigenvalue weighted by Crippen LogP contribution is -2.47. The van der Waals surface area contributed by atoms with Crippen molar-refractivity contribution in [2.75, 3.05) is 17.2 Å². The molecule has 8 heteroatoms. The second-order valence-electron chi connectivity index (χ2n) is 9.24. The Bertz CT molecular complexity index is 1240. The summed E-state index contributed by atoms with van der Waals surface area (Å²) in [7, 11) is 0. The highest BCUT2D eigenvalue weighted by molar-refractivity contribution is 5.91. The first-order valence-electron chi connectivity index (χ1n) is 12.0. The van der Waals surface area contributed by atoms with Crippen molar-refractivity contribution in [3.8, 4) is 18.4 Å². The van der Waals surface area contributed by atoms with Crippen molar-refractivity contribution in [2.45, 2.75) is 70.1 Å². The van der Waals surface area contributed by atoms with Gasteiger partial charge in [-0.1, -0.05) is 0 Å². The summed E-state index contributed by atoms with van der Waals surface area (Å²) in [5.41, 5.74) is 1.89. The van der Waals surface area contributed by atoms with Gasteiger partial charge in [0.15, 0.2) is 5.82 Å². The minimum atomic E-state index is 0.373. The number of nitrogens with one attached hydrogen (secondary N) is 2. The third kappa shape index (κ3) is 4.55. The van der Waals surface area contributed by atoms with E-state index < -0.39 is 0 Å². The normalized spacial score (nSPS) is 21.8. The van der Waals surface area contributed by atoms with E-state index in [-0.39, 0.29) is 0 Å². The second-order valence-corrected chi connectivity index (χ2v) is 9.24. The topological polar surface area (TPSA) is 94.7 Å². The number of fused-ring (bicyclic) bond motifs is 3. The van der Waals surface area contributed by atoms with E-state index in [1.165, 1.54) is 12.8 Å². The zero-order chi connectivity index (χ0) is 23.5. The van der Waals surface area contributed by atoms with Crippen LogP contribution >= 0.6 is 0 Å². The van der Waals surface area contributed by atoms with E-state index in [1.54, 1.807) is 6.20 Å². The number of nitrogens with zero attached hydrogens (tertiary/aromatic N) is 6. The molecule has 0 saturated carbocycles. The first-order valence-corrected chi connectivity index (χ1v) is 12.0. The molecule has 2 N–H and O–H groups in total. The number of piperidine rings is 1. The summed E-state index contributed by atoms with van der Waals surface area (Å²) in [5, 5.41) is 21.6. The maximum Gasteiger partial charge on any atom is 0.153 e. The minimum Gasteiger partial charge on any atom is -0.367 e. The predicted octanol–water partition coefficient (Wildman–Crippen LogP) is 4.22. The number of nitriles is 1. The zero-order valence-electron chi connectivity index (χ0n) is 19.5. The van der Waals surface area contributed by atoms with Crippen LogP contribution in [0.1, 0.15) is 44.2 Å². The molecule has 3 atom stereocenters. The number of hydrogen-bond donors (Lipinski definition) is 2. The Labute approximate surface area is 200 Å². The van der Waals surface area contributed by atoms with Crippen LogP contribution in [0.2, 0.25) is 0 Å². The molecule has 5 heterocycles. The summed E-state index contributed by atoms with van der Waals surface area (Å²) in [4.78, 5) is 12.1. The van der Waals surface area contributed by atoms with Crippen molar-refractivity contribution < 1.29 is 0 Å². The van der Waals surface area contributed by atoms with Gasteiger partial charge in [0.2, 0.25) is 0 Å². The largest absolute Gasteiger partial charge is 0.367 e. The van der Waals surface area contributed by atoms with Crippen LogP contribution < -0.4 is 10.6 Å². The van der Waals surface area contributed by atoms with E-state index in [1.807, 2.05) is 29.8 Å². The maximum atomic E-state index is 8.87.